The number of carbonyl (C=O) groups excluding carboxylic acids is 1. The molecule has 6 heteroatoms. The number of halogens is 3. The number of nitrogens with two attached hydrogens (primary N) is 1. The summed E-state index contributed by atoms with van der Waals surface area (Å²) in [5.74, 6) is 2.65. The molecule has 0 aliphatic heterocycles. The Morgan fingerprint density at radius 3 is 2.10 bits per heavy atom. The van der Waals surface area contributed by atoms with E-state index in [0.29, 0.717) is 0 Å². The molecular formula is C4H7F3N2O. The maximum absolute atomic E-state index is 11.4. The van der Waals surface area contributed by atoms with Crippen molar-refractivity contribution < 1.29 is 18.0 Å². The average Bonchev–Trinajstić information content (AvgIpc) is 1.83. The van der Waals surface area contributed by atoms with E-state index >= 15 is 0 Å². The van der Waals surface area contributed by atoms with Crippen molar-refractivity contribution in [3.63, 3.8) is 0 Å². The molecule has 1 amide bonds. The summed E-state index contributed by atoms with van der Waals surface area (Å²) in [6.45, 7) is 1.20. The monoisotopic (exact) mass is 156 g/mol. The Labute approximate surface area is 55.6 Å². The molecule has 0 radical (unpaired) electrons. The molecule has 0 aliphatic rings. The average molecular weight is 156 g/mol. The highest BCUT2D eigenvalue weighted by Crippen LogP contribution is 2.16. The number of amides is 1. The molecule has 3 nitrogen and oxygen atoms in total. The quantitative estimate of drug-likeness (QED) is 0.336. The Morgan fingerprint density at radius 1 is 1.60 bits per heavy atom. The SMILES string of the molecule is CCN(N)C(=O)C(F)(F)F. The van der Waals surface area contributed by atoms with Crippen LogP contribution in [0.1, 0.15) is 6.92 Å². The van der Waals surface area contributed by atoms with Crippen molar-refractivity contribution in [1.29, 1.82) is 0 Å². The number of carbonyl (C=O) groups is 1. The van der Waals surface area contributed by atoms with Crippen molar-refractivity contribution in [2.24, 2.45) is 5.84 Å². The van der Waals surface area contributed by atoms with E-state index in [2.05, 4.69) is 5.84 Å². The third-order valence-electron chi connectivity index (χ3n) is 0.844. The molecule has 10 heavy (non-hydrogen) atoms. The van der Waals surface area contributed by atoms with Crippen molar-refractivity contribution in [3.8, 4) is 0 Å². The fourth-order valence-corrected chi connectivity index (χ4v) is 0.306. The molecule has 0 aromatic rings. The summed E-state index contributed by atoms with van der Waals surface area (Å²) in [6, 6.07) is 0. The maximum atomic E-state index is 11.4. The van der Waals surface area contributed by atoms with Crippen LogP contribution in [-0.2, 0) is 4.79 Å². The van der Waals surface area contributed by atoms with E-state index in [1.54, 1.807) is 0 Å². The van der Waals surface area contributed by atoms with Gasteiger partial charge >= 0.3 is 12.1 Å². The minimum absolute atomic E-state index is 0.111. The van der Waals surface area contributed by atoms with Crippen molar-refractivity contribution in [1.82, 2.24) is 5.01 Å². The topological polar surface area (TPSA) is 46.3 Å². The van der Waals surface area contributed by atoms with Gasteiger partial charge in [-0.05, 0) is 6.92 Å². The van der Waals surface area contributed by atoms with E-state index < -0.39 is 12.1 Å². The molecule has 2 N–H and O–H groups in total. The lowest BCUT2D eigenvalue weighted by atomic mass is 10.5. The van der Waals surface area contributed by atoms with E-state index in [0.717, 1.165) is 0 Å². The Kier molecular flexibility index (Phi) is 2.65. The molecule has 0 rings (SSSR count). The fourth-order valence-electron chi connectivity index (χ4n) is 0.306. The van der Waals surface area contributed by atoms with Gasteiger partial charge in [-0.15, -0.1) is 0 Å². The van der Waals surface area contributed by atoms with Crippen molar-refractivity contribution in [2.45, 2.75) is 13.1 Å². The molecule has 0 atom stereocenters. The highest BCUT2D eigenvalue weighted by Gasteiger charge is 2.41. The van der Waals surface area contributed by atoms with Crippen LogP contribution in [-0.4, -0.2) is 23.6 Å². The van der Waals surface area contributed by atoms with Crippen LogP contribution in [0.2, 0.25) is 0 Å². The van der Waals surface area contributed by atoms with Crippen LogP contribution < -0.4 is 5.84 Å². The van der Waals surface area contributed by atoms with Crippen LogP contribution in [0, 0.1) is 0 Å². The predicted octanol–water partition coefficient (Wildman–Crippen LogP) is 0.271. The number of rotatable bonds is 1. The van der Waals surface area contributed by atoms with Crippen LogP contribution >= 0.6 is 0 Å². The summed E-state index contributed by atoms with van der Waals surface area (Å²) in [4.78, 5) is 10.1. The standard InChI is InChI=1S/C4H7F3N2O/c1-2-9(8)3(10)4(5,6)7/h2,8H2,1H3. The number of hydrogen-bond acceptors (Lipinski definition) is 2. The number of alkyl halides is 3. The number of nitrogens with zero attached hydrogens (tertiary/aromatic N) is 1. The lowest BCUT2D eigenvalue weighted by Crippen LogP contribution is -2.45. The molecule has 0 bridgehead atoms. The Morgan fingerprint density at radius 2 is 2.00 bits per heavy atom. The fraction of sp³-hybridized carbons (Fsp3) is 0.750. The molecule has 0 aliphatic carbocycles. The van der Waals surface area contributed by atoms with E-state index in [9.17, 15) is 18.0 Å². The van der Waals surface area contributed by atoms with Gasteiger partial charge < -0.3 is 0 Å². The van der Waals surface area contributed by atoms with Crippen LogP contribution in [0.4, 0.5) is 13.2 Å². The molecule has 0 aromatic heterocycles. The van der Waals surface area contributed by atoms with Crippen molar-refractivity contribution >= 4 is 5.91 Å². The summed E-state index contributed by atoms with van der Waals surface area (Å²) in [5.41, 5.74) is 0. The number of hydrogen-bond donors (Lipinski definition) is 1. The van der Waals surface area contributed by atoms with Crippen LogP contribution in [0.3, 0.4) is 0 Å². The van der Waals surface area contributed by atoms with E-state index in [1.165, 1.54) is 6.92 Å². The van der Waals surface area contributed by atoms with Gasteiger partial charge in [0.15, 0.2) is 0 Å². The smallest absolute Gasteiger partial charge is 0.273 e. The van der Waals surface area contributed by atoms with Crippen LogP contribution in [0.15, 0.2) is 0 Å². The molecule has 60 valence electrons. The van der Waals surface area contributed by atoms with Gasteiger partial charge in [0.05, 0.1) is 0 Å². The van der Waals surface area contributed by atoms with Gasteiger partial charge in [0, 0.05) is 6.54 Å². The zero-order chi connectivity index (χ0) is 8.36. The van der Waals surface area contributed by atoms with E-state index in [-0.39, 0.29) is 11.6 Å². The first-order valence-electron chi connectivity index (χ1n) is 2.53. The summed E-state index contributed by atoms with van der Waals surface area (Å²) in [7, 11) is 0. The minimum atomic E-state index is -4.86. The highest BCUT2D eigenvalue weighted by atomic mass is 19.4. The molecule has 0 spiro atoms. The van der Waals surface area contributed by atoms with Gasteiger partial charge in [-0.25, -0.2) is 5.84 Å². The lowest BCUT2D eigenvalue weighted by molar-refractivity contribution is -0.185. The van der Waals surface area contributed by atoms with Gasteiger partial charge in [-0.2, -0.15) is 13.2 Å². The maximum Gasteiger partial charge on any atom is 0.472 e. The second-order valence-corrected chi connectivity index (χ2v) is 1.59. The van der Waals surface area contributed by atoms with Crippen LogP contribution in [0.25, 0.3) is 0 Å². The zero-order valence-electron chi connectivity index (χ0n) is 5.27. The third-order valence-corrected chi connectivity index (χ3v) is 0.844. The van der Waals surface area contributed by atoms with Gasteiger partial charge in [0.25, 0.3) is 0 Å². The largest absolute Gasteiger partial charge is 0.472 e. The molecular weight excluding hydrogens is 149 g/mol. The van der Waals surface area contributed by atoms with Crippen LogP contribution in [0.5, 0.6) is 0 Å². The molecule has 0 unspecified atom stereocenters. The van der Waals surface area contributed by atoms with Crippen molar-refractivity contribution in [3.05, 3.63) is 0 Å². The first kappa shape index (κ1) is 9.22. The minimum Gasteiger partial charge on any atom is -0.273 e. The third kappa shape index (κ3) is 2.22. The highest BCUT2D eigenvalue weighted by molar-refractivity contribution is 5.81. The second-order valence-electron chi connectivity index (χ2n) is 1.59. The normalized spacial score (nSPS) is 11.3. The molecule has 0 saturated carbocycles. The van der Waals surface area contributed by atoms with E-state index in [4.69, 9.17) is 0 Å². The zero-order valence-corrected chi connectivity index (χ0v) is 5.27. The first-order valence-corrected chi connectivity index (χ1v) is 2.53. The first-order chi connectivity index (χ1) is 4.39. The number of hydrazine groups is 1. The van der Waals surface area contributed by atoms with Gasteiger partial charge in [0.2, 0.25) is 0 Å². The van der Waals surface area contributed by atoms with Gasteiger partial charge in [0.1, 0.15) is 0 Å². The Balaban J connectivity index is 4.09. The van der Waals surface area contributed by atoms with Gasteiger partial charge in [-0.1, -0.05) is 0 Å². The summed E-state index contributed by atoms with van der Waals surface area (Å²) in [6.07, 6.45) is -4.86. The summed E-state index contributed by atoms with van der Waals surface area (Å²) >= 11 is 0. The van der Waals surface area contributed by atoms with Crippen molar-refractivity contribution in [2.75, 3.05) is 6.54 Å². The lowest BCUT2D eigenvalue weighted by Gasteiger charge is -2.14. The summed E-state index contributed by atoms with van der Waals surface area (Å²) < 4.78 is 34.2. The van der Waals surface area contributed by atoms with Gasteiger partial charge in [-0.3, -0.25) is 9.80 Å². The Hall–Kier alpha value is -0.780. The molecule has 0 saturated heterocycles. The summed E-state index contributed by atoms with van der Waals surface area (Å²) in [5, 5.41) is 0.111. The predicted molar refractivity (Wildman–Crippen MR) is 27.6 cm³/mol. The van der Waals surface area contributed by atoms with E-state index in [1.807, 2.05) is 0 Å². The molecule has 0 aromatic carbocycles. The Bertz CT molecular complexity index is 133. The second kappa shape index (κ2) is 2.87. The molecule has 0 fully saturated rings. The molecule has 0 heterocycles.